The van der Waals surface area contributed by atoms with Gasteiger partial charge in [0.25, 0.3) is 10.2 Å². The molecule has 0 aromatic heterocycles. The number of benzene rings is 1. The maximum Gasteiger partial charge on any atom is 0.282 e. The SMILES string of the molecule is CCN(Cc1cccc(N)c1)S(=O)(=O)N1CCCCCC1. The molecule has 0 atom stereocenters. The Balaban J connectivity index is 2.14. The summed E-state index contributed by atoms with van der Waals surface area (Å²) >= 11 is 0. The fraction of sp³-hybridized carbons (Fsp3) is 0.600. The zero-order chi connectivity index (χ0) is 15.3. The molecule has 1 aliphatic rings. The molecule has 0 saturated carbocycles. The van der Waals surface area contributed by atoms with Crippen LogP contribution in [-0.2, 0) is 16.8 Å². The predicted octanol–water partition coefficient (Wildman–Crippen LogP) is 2.21. The Morgan fingerprint density at radius 1 is 1.19 bits per heavy atom. The van der Waals surface area contributed by atoms with E-state index in [9.17, 15) is 8.42 Å². The molecule has 1 aliphatic heterocycles. The summed E-state index contributed by atoms with van der Waals surface area (Å²) in [6.45, 7) is 3.99. The third-order valence-corrected chi connectivity index (χ3v) is 5.94. The lowest BCUT2D eigenvalue weighted by molar-refractivity contribution is 0.343. The molecule has 1 aromatic rings. The monoisotopic (exact) mass is 311 g/mol. The predicted molar refractivity (Wildman–Crippen MR) is 85.9 cm³/mol. The van der Waals surface area contributed by atoms with E-state index in [1.807, 2.05) is 31.2 Å². The van der Waals surface area contributed by atoms with Crippen LogP contribution in [0.5, 0.6) is 0 Å². The van der Waals surface area contributed by atoms with Crippen molar-refractivity contribution in [3.63, 3.8) is 0 Å². The van der Waals surface area contributed by atoms with Gasteiger partial charge < -0.3 is 5.73 Å². The molecule has 0 bridgehead atoms. The van der Waals surface area contributed by atoms with E-state index >= 15 is 0 Å². The number of hydrogen-bond acceptors (Lipinski definition) is 3. The number of rotatable bonds is 5. The zero-order valence-electron chi connectivity index (χ0n) is 12.7. The van der Waals surface area contributed by atoms with Crippen molar-refractivity contribution in [3.05, 3.63) is 29.8 Å². The lowest BCUT2D eigenvalue weighted by Crippen LogP contribution is -2.43. The molecule has 1 saturated heterocycles. The van der Waals surface area contributed by atoms with Gasteiger partial charge in [0, 0.05) is 31.9 Å². The van der Waals surface area contributed by atoms with Gasteiger partial charge in [-0.2, -0.15) is 17.0 Å². The average molecular weight is 311 g/mol. The Kier molecular flexibility index (Phi) is 5.61. The van der Waals surface area contributed by atoms with Crippen molar-refractivity contribution >= 4 is 15.9 Å². The molecule has 0 aliphatic carbocycles. The molecule has 1 aromatic carbocycles. The van der Waals surface area contributed by atoms with Crippen LogP contribution in [0.3, 0.4) is 0 Å². The van der Waals surface area contributed by atoms with Crippen LogP contribution in [0.2, 0.25) is 0 Å². The van der Waals surface area contributed by atoms with Crippen LogP contribution >= 0.6 is 0 Å². The molecule has 118 valence electrons. The highest BCUT2D eigenvalue weighted by Crippen LogP contribution is 2.19. The fourth-order valence-corrected chi connectivity index (χ4v) is 4.37. The number of nitrogen functional groups attached to an aromatic ring is 1. The second kappa shape index (κ2) is 7.24. The van der Waals surface area contributed by atoms with Gasteiger partial charge in [0.05, 0.1) is 0 Å². The first-order chi connectivity index (χ1) is 10.0. The minimum atomic E-state index is -3.38. The molecule has 1 fully saturated rings. The number of nitrogens with two attached hydrogens (primary N) is 1. The Labute approximate surface area is 127 Å². The molecule has 6 heteroatoms. The first-order valence-corrected chi connectivity index (χ1v) is 9.03. The molecule has 0 spiro atoms. The van der Waals surface area contributed by atoms with E-state index in [-0.39, 0.29) is 0 Å². The van der Waals surface area contributed by atoms with Crippen LogP contribution in [0.4, 0.5) is 5.69 Å². The summed E-state index contributed by atoms with van der Waals surface area (Å²) in [5.74, 6) is 0. The van der Waals surface area contributed by atoms with Gasteiger partial charge in [-0.1, -0.05) is 31.9 Å². The van der Waals surface area contributed by atoms with Crippen molar-refractivity contribution in [1.29, 1.82) is 0 Å². The average Bonchev–Trinajstić information content (AvgIpc) is 2.74. The van der Waals surface area contributed by atoms with Gasteiger partial charge >= 0.3 is 0 Å². The van der Waals surface area contributed by atoms with E-state index in [4.69, 9.17) is 5.73 Å². The second-order valence-electron chi connectivity index (χ2n) is 5.49. The van der Waals surface area contributed by atoms with E-state index in [2.05, 4.69) is 0 Å². The van der Waals surface area contributed by atoms with Crippen LogP contribution in [0.1, 0.15) is 38.2 Å². The van der Waals surface area contributed by atoms with E-state index in [0.717, 1.165) is 31.2 Å². The molecule has 2 rings (SSSR count). The zero-order valence-corrected chi connectivity index (χ0v) is 13.5. The minimum absolute atomic E-state index is 0.375. The molecule has 0 amide bonds. The molecule has 21 heavy (non-hydrogen) atoms. The highest BCUT2D eigenvalue weighted by atomic mass is 32.2. The number of anilines is 1. The Morgan fingerprint density at radius 3 is 2.43 bits per heavy atom. The highest BCUT2D eigenvalue weighted by Gasteiger charge is 2.28. The smallest absolute Gasteiger partial charge is 0.282 e. The normalized spacial score (nSPS) is 17.8. The van der Waals surface area contributed by atoms with Gasteiger partial charge in [-0.15, -0.1) is 0 Å². The topological polar surface area (TPSA) is 66.6 Å². The fourth-order valence-electron chi connectivity index (χ4n) is 2.69. The standard InChI is InChI=1S/C15H25N3O2S/c1-2-17(13-14-8-7-9-15(16)12-14)21(19,20)18-10-5-3-4-6-11-18/h7-9,12H,2-6,10-11,13,16H2,1H3. The van der Waals surface area contributed by atoms with Gasteiger partial charge in [0.2, 0.25) is 0 Å². The summed E-state index contributed by atoms with van der Waals surface area (Å²) in [6.07, 6.45) is 4.14. The molecule has 5 nitrogen and oxygen atoms in total. The van der Waals surface area contributed by atoms with Gasteiger partial charge in [0.1, 0.15) is 0 Å². The summed E-state index contributed by atoms with van der Waals surface area (Å²) in [7, 11) is -3.38. The Bertz CT molecular complexity index is 552. The second-order valence-corrected chi connectivity index (χ2v) is 7.42. The lowest BCUT2D eigenvalue weighted by Gasteiger charge is -2.28. The summed E-state index contributed by atoms with van der Waals surface area (Å²) in [6, 6.07) is 7.41. The molecule has 1 heterocycles. The van der Waals surface area contributed by atoms with Crippen molar-refractivity contribution in [2.24, 2.45) is 0 Å². The summed E-state index contributed by atoms with van der Waals surface area (Å²) in [5, 5.41) is 0. The van der Waals surface area contributed by atoms with Gasteiger partial charge in [0.15, 0.2) is 0 Å². The van der Waals surface area contributed by atoms with Crippen molar-refractivity contribution in [1.82, 2.24) is 8.61 Å². The lowest BCUT2D eigenvalue weighted by atomic mass is 10.2. The largest absolute Gasteiger partial charge is 0.399 e. The molecular formula is C15H25N3O2S. The first kappa shape index (κ1) is 16.3. The number of hydrogen-bond donors (Lipinski definition) is 1. The van der Waals surface area contributed by atoms with Crippen LogP contribution in [-0.4, -0.2) is 36.7 Å². The van der Waals surface area contributed by atoms with Crippen molar-refractivity contribution in [2.45, 2.75) is 39.2 Å². The maximum atomic E-state index is 12.8. The van der Waals surface area contributed by atoms with Gasteiger partial charge in [-0.05, 0) is 30.5 Å². The summed E-state index contributed by atoms with van der Waals surface area (Å²) < 4.78 is 28.7. The number of nitrogens with zero attached hydrogens (tertiary/aromatic N) is 2. The van der Waals surface area contributed by atoms with Crippen LogP contribution in [0, 0.1) is 0 Å². The summed E-state index contributed by atoms with van der Waals surface area (Å²) in [4.78, 5) is 0. The van der Waals surface area contributed by atoms with Crippen molar-refractivity contribution in [3.8, 4) is 0 Å². The molecule has 2 N–H and O–H groups in total. The molecule has 0 unspecified atom stereocenters. The van der Waals surface area contributed by atoms with Crippen molar-refractivity contribution < 1.29 is 8.42 Å². The summed E-state index contributed by atoms with van der Waals surface area (Å²) in [5.41, 5.74) is 7.36. The third-order valence-electron chi connectivity index (χ3n) is 3.88. The van der Waals surface area contributed by atoms with Crippen molar-refractivity contribution in [2.75, 3.05) is 25.4 Å². The van der Waals surface area contributed by atoms with E-state index < -0.39 is 10.2 Å². The van der Waals surface area contributed by atoms with E-state index in [1.54, 1.807) is 4.31 Å². The van der Waals surface area contributed by atoms with E-state index in [1.165, 1.54) is 4.31 Å². The maximum absolute atomic E-state index is 12.8. The highest BCUT2D eigenvalue weighted by molar-refractivity contribution is 7.86. The van der Waals surface area contributed by atoms with Crippen LogP contribution < -0.4 is 5.73 Å². The Hall–Kier alpha value is -1.11. The van der Waals surface area contributed by atoms with Crippen LogP contribution in [0.25, 0.3) is 0 Å². The third kappa shape index (κ3) is 4.18. The first-order valence-electron chi connectivity index (χ1n) is 7.63. The van der Waals surface area contributed by atoms with Gasteiger partial charge in [-0.25, -0.2) is 0 Å². The van der Waals surface area contributed by atoms with E-state index in [0.29, 0.717) is 31.9 Å². The molecule has 0 radical (unpaired) electrons. The Morgan fingerprint density at radius 2 is 1.86 bits per heavy atom. The van der Waals surface area contributed by atoms with Crippen LogP contribution in [0.15, 0.2) is 24.3 Å². The van der Waals surface area contributed by atoms with Gasteiger partial charge in [-0.3, -0.25) is 0 Å². The molecular weight excluding hydrogens is 286 g/mol. The minimum Gasteiger partial charge on any atom is -0.399 e. The quantitative estimate of drug-likeness (QED) is 0.848.